The summed E-state index contributed by atoms with van der Waals surface area (Å²) in [6, 6.07) is 0. The summed E-state index contributed by atoms with van der Waals surface area (Å²) in [5.74, 6) is 0. The Hall–Kier alpha value is -1.00. The van der Waals surface area contributed by atoms with Crippen LogP contribution in [-0.2, 0) is 21.3 Å². The Balaban J connectivity index is 2.18. The maximum Gasteiger partial charge on any atom is 0.273 e. The molecule has 9 heteroatoms. The van der Waals surface area contributed by atoms with E-state index in [1.165, 1.54) is 0 Å². The number of hydrazine groups is 1. The van der Waals surface area contributed by atoms with Gasteiger partial charge in [0.25, 0.3) is 10.0 Å². The molecular weight excluding hydrogens is 270 g/mol. The Morgan fingerprint density at radius 2 is 2.11 bits per heavy atom. The van der Waals surface area contributed by atoms with Gasteiger partial charge in [-0.3, -0.25) is 5.10 Å². The average molecular weight is 289 g/mol. The van der Waals surface area contributed by atoms with E-state index in [4.69, 9.17) is 4.74 Å². The number of hydrogen-bond donors (Lipinski definition) is 3. The third kappa shape index (κ3) is 3.31. The van der Waals surface area contributed by atoms with E-state index in [1.807, 2.05) is 0 Å². The number of morpholine rings is 1. The molecule has 1 aromatic heterocycles. The SMILES string of the molecule is CNCc1c(S(=O)(=O)NN2CCOCC2)n[nH]c1C. The number of aryl methyl sites for hydroxylation is 1. The van der Waals surface area contributed by atoms with Crippen molar-refractivity contribution in [2.24, 2.45) is 0 Å². The van der Waals surface area contributed by atoms with Gasteiger partial charge in [-0.25, -0.2) is 13.4 Å². The smallest absolute Gasteiger partial charge is 0.273 e. The van der Waals surface area contributed by atoms with Crippen molar-refractivity contribution in [2.45, 2.75) is 18.5 Å². The second-order valence-corrected chi connectivity index (χ2v) is 5.93. The number of hydrogen-bond acceptors (Lipinski definition) is 6. The summed E-state index contributed by atoms with van der Waals surface area (Å²) in [7, 11) is -1.89. The zero-order valence-electron chi connectivity index (χ0n) is 11.1. The zero-order valence-corrected chi connectivity index (χ0v) is 11.9. The predicted octanol–water partition coefficient (Wildman–Crippen LogP) is -1.04. The summed E-state index contributed by atoms with van der Waals surface area (Å²) in [5.41, 5.74) is 1.40. The number of nitrogens with zero attached hydrogens (tertiary/aromatic N) is 2. The maximum atomic E-state index is 12.3. The molecule has 108 valence electrons. The molecule has 1 aromatic rings. The molecule has 1 fully saturated rings. The normalized spacial score (nSPS) is 17.8. The first-order valence-electron chi connectivity index (χ1n) is 6.08. The summed E-state index contributed by atoms with van der Waals surface area (Å²) in [6.07, 6.45) is 0. The fourth-order valence-electron chi connectivity index (χ4n) is 1.91. The lowest BCUT2D eigenvalue weighted by molar-refractivity contribution is 0.0272. The first kappa shape index (κ1) is 14.4. The van der Waals surface area contributed by atoms with Gasteiger partial charge in [0.1, 0.15) is 0 Å². The monoisotopic (exact) mass is 289 g/mol. The molecule has 2 heterocycles. The quantitative estimate of drug-likeness (QED) is 0.640. The molecule has 3 N–H and O–H groups in total. The first-order valence-corrected chi connectivity index (χ1v) is 7.56. The summed E-state index contributed by atoms with van der Waals surface area (Å²) in [6.45, 7) is 4.35. The van der Waals surface area contributed by atoms with Crippen molar-refractivity contribution in [1.82, 2.24) is 25.4 Å². The number of nitrogens with one attached hydrogen (secondary N) is 3. The van der Waals surface area contributed by atoms with Gasteiger partial charge in [-0.15, -0.1) is 4.83 Å². The lowest BCUT2D eigenvalue weighted by atomic mass is 10.3. The van der Waals surface area contributed by atoms with Crippen LogP contribution >= 0.6 is 0 Å². The first-order chi connectivity index (χ1) is 9.04. The van der Waals surface area contributed by atoms with Gasteiger partial charge in [0.15, 0.2) is 5.03 Å². The topological polar surface area (TPSA) is 99.3 Å². The van der Waals surface area contributed by atoms with Crippen LogP contribution in [0.25, 0.3) is 0 Å². The molecule has 0 atom stereocenters. The van der Waals surface area contributed by atoms with Crippen molar-refractivity contribution in [2.75, 3.05) is 33.4 Å². The van der Waals surface area contributed by atoms with E-state index in [9.17, 15) is 8.42 Å². The molecule has 0 unspecified atom stereocenters. The van der Waals surface area contributed by atoms with Crippen LogP contribution in [0, 0.1) is 6.92 Å². The summed E-state index contributed by atoms with van der Waals surface area (Å²) in [4.78, 5) is 2.54. The second kappa shape index (κ2) is 5.97. The van der Waals surface area contributed by atoms with Crippen molar-refractivity contribution < 1.29 is 13.2 Å². The number of rotatable bonds is 5. The third-order valence-electron chi connectivity index (χ3n) is 2.90. The van der Waals surface area contributed by atoms with E-state index < -0.39 is 10.0 Å². The lowest BCUT2D eigenvalue weighted by Crippen LogP contribution is -2.48. The number of H-pyrrole nitrogens is 1. The van der Waals surface area contributed by atoms with Gasteiger partial charge in [-0.2, -0.15) is 5.10 Å². The van der Waals surface area contributed by atoms with Gasteiger partial charge in [-0.05, 0) is 14.0 Å². The molecular formula is C10H19N5O3S. The van der Waals surface area contributed by atoms with E-state index in [0.29, 0.717) is 38.4 Å². The minimum Gasteiger partial charge on any atom is -0.379 e. The molecule has 1 aliphatic heterocycles. The highest BCUT2D eigenvalue weighted by Gasteiger charge is 2.26. The van der Waals surface area contributed by atoms with Crippen molar-refractivity contribution >= 4 is 10.0 Å². The molecule has 8 nitrogen and oxygen atoms in total. The van der Waals surface area contributed by atoms with Crippen molar-refractivity contribution in [3.63, 3.8) is 0 Å². The molecule has 0 radical (unpaired) electrons. The molecule has 0 amide bonds. The summed E-state index contributed by atoms with van der Waals surface area (Å²) in [5, 5.41) is 11.2. The van der Waals surface area contributed by atoms with Crippen molar-refractivity contribution in [3.05, 3.63) is 11.3 Å². The van der Waals surface area contributed by atoms with Gasteiger partial charge in [0.2, 0.25) is 0 Å². The van der Waals surface area contributed by atoms with E-state index >= 15 is 0 Å². The third-order valence-corrected chi connectivity index (χ3v) is 4.25. The Labute approximate surface area is 112 Å². The molecule has 0 aliphatic carbocycles. The van der Waals surface area contributed by atoms with E-state index in [1.54, 1.807) is 19.0 Å². The Morgan fingerprint density at radius 3 is 2.74 bits per heavy atom. The molecule has 0 aromatic carbocycles. The van der Waals surface area contributed by atoms with Crippen LogP contribution < -0.4 is 10.1 Å². The summed E-state index contributed by atoms with van der Waals surface area (Å²) >= 11 is 0. The van der Waals surface area contributed by atoms with Crippen LogP contribution in [0.5, 0.6) is 0 Å². The number of sulfonamides is 1. The average Bonchev–Trinajstić information content (AvgIpc) is 2.73. The number of ether oxygens (including phenoxy) is 1. The van der Waals surface area contributed by atoms with Crippen molar-refractivity contribution in [1.29, 1.82) is 0 Å². The highest BCUT2D eigenvalue weighted by atomic mass is 32.2. The van der Waals surface area contributed by atoms with Crippen LogP contribution in [-0.4, -0.2) is 57.0 Å². The van der Waals surface area contributed by atoms with Crippen LogP contribution in [0.1, 0.15) is 11.3 Å². The van der Waals surface area contributed by atoms with Gasteiger partial charge in [0.05, 0.1) is 13.2 Å². The van der Waals surface area contributed by atoms with E-state index in [2.05, 4.69) is 20.3 Å². The molecule has 2 rings (SSSR count). The van der Waals surface area contributed by atoms with Gasteiger partial charge < -0.3 is 10.1 Å². The summed E-state index contributed by atoms with van der Waals surface area (Å²) < 4.78 is 29.8. The van der Waals surface area contributed by atoms with Crippen molar-refractivity contribution in [3.8, 4) is 0 Å². The Morgan fingerprint density at radius 1 is 1.42 bits per heavy atom. The largest absolute Gasteiger partial charge is 0.379 e. The van der Waals surface area contributed by atoms with Crippen LogP contribution in [0.15, 0.2) is 5.03 Å². The van der Waals surface area contributed by atoms with Gasteiger partial charge in [0, 0.05) is 30.9 Å². The number of aromatic nitrogens is 2. The molecule has 0 bridgehead atoms. The maximum absolute atomic E-state index is 12.3. The molecule has 1 aliphatic rings. The molecule has 0 saturated carbocycles. The highest BCUT2D eigenvalue weighted by Crippen LogP contribution is 2.16. The van der Waals surface area contributed by atoms with Gasteiger partial charge in [-0.1, -0.05) is 0 Å². The fourth-order valence-corrected chi connectivity index (χ4v) is 3.23. The van der Waals surface area contributed by atoms with E-state index in [0.717, 1.165) is 5.69 Å². The highest BCUT2D eigenvalue weighted by molar-refractivity contribution is 7.89. The zero-order chi connectivity index (χ0) is 13.9. The van der Waals surface area contributed by atoms with Gasteiger partial charge >= 0.3 is 0 Å². The molecule has 19 heavy (non-hydrogen) atoms. The Kier molecular flexibility index (Phi) is 4.53. The Bertz CT molecular complexity index is 521. The molecule has 0 spiro atoms. The predicted molar refractivity (Wildman–Crippen MR) is 68.8 cm³/mol. The number of aromatic amines is 1. The van der Waals surface area contributed by atoms with Crippen LogP contribution in [0.2, 0.25) is 0 Å². The minimum atomic E-state index is -3.65. The van der Waals surface area contributed by atoms with Crippen LogP contribution in [0.3, 0.4) is 0 Å². The van der Waals surface area contributed by atoms with Crippen LogP contribution in [0.4, 0.5) is 0 Å². The lowest BCUT2D eigenvalue weighted by Gasteiger charge is -2.26. The second-order valence-electron chi connectivity index (χ2n) is 4.36. The molecule has 1 saturated heterocycles. The standard InChI is InChI=1S/C10H19N5O3S/c1-8-9(7-11-2)10(13-12-8)19(16,17)14-15-3-5-18-6-4-15/h11,14H,3-7H2,1-2H3,(H,12,13). The van der Waals surface area contributed by atoms with E-state index in [-0.39, 0.29) is 5.03 Å². The minimum absolute atomic E-state index is 0.0471. The fraction of sp³-hybridized carbons (Fsp3) is 0.700.